The third-order valence-electron chi connectivity index (χ3n) is 4.63. The van der Waals surface area contributed by atoms with Crippen LogP contribution >= 0.6 is 11.8 Å². The molecule has 0 spiro atoms. The average Bonchev–Trinajstić information content (AvgIpc) is 2.69. The number of hydrogen-bond acceptors (Lipinski definition) is 2. The summed E-state index contributed by atoms with van der Waals surface area (Å²) in [6, 6.07) is 8.92. The van der Waals surface area contributed by atoms with Crippen molar-refractivity contribution in [2.75, 3.05) is 6.26 Å². The normalized spacial score (nSPS) is 29.6. The van der Waals surface area contributed by atoms with Gasteiger partial charge in [0.15, 0.2) is 0 Å². The van der Waals surface area contributed by atoms with E-state index in [-0.39, 0.29) is 5.91 Å². The summed E-state index contributed by atoms with van der Waals surface area (Å²) in [5.74, 6) is 0.255. The first kappa shape index (κ1) is 13.0. The summed E-state index contributed by atoms with van der Waals surface area (Å²) in [5, 5.41) is 0.749. The quantitative estimate of drug-likeness (QED) is 0.823. The Balaban J connectivity index is 1.84. The predicted molar refractivity (Wildman–Crippen MR) is 80.7 cm³/mol. The molecule has 2 bridgehead atoms. The topological polar surface area (TPSA) is 20.3 Å². The van der Waals surface area contributed by atoms with Gasteiger partial charge >= 0.3 is 0 Å². The zero-order valence-electron chi connectivity index (χ0n) is 11.6. The maximum atomic E-state index is 12.8. The monoisotopic (exact) mass is 275 g/mol. The van der Waals surface area contributed by atoms with Crippen LogP contribution in [0.1, 0.15) is 41.6 Å². The van der Waals surface area contributed by atoms with Crippen molar-refractivity contribution in [2.45, 2.75) is 49.9 Å². The van der Waals surface area contributed by atoms with Gasteiger partial charge in [0.05, 0.1) is 0 Å². The maximum Gasteiger partial charge on any atom is 0.254 e. The van der Waals surface area contributed by atoms with Crippen LogP contribution in [0.4, 0.5) is 0 Å². The van der Waals surface area contributed by atoms with Crippen molar-refractivity contribution in [3.63, 3.8) is 0 Å². The van der Waals surface area contributed by atoms with Crippen molar-refractivity contribution in [1.82, 2.24) is 4.90 Å². The van der Waals surface area contributed by atoms with Crippen LogP contribution in [0, 0.1) is 6.92 Å². The van der Waals surface area contributed by atoms with Crippen LogP contribution in [0.3, 0.4) is 0 Å². The number of piperidine rings is 1. The van der Waals surface area contributed by atoms with E-state index in [1.54, 1.807) is 0 Å². The lowest BCUT2D eigenvalue weighted by Gasteiger charge is -2.38. The molecule has 1 amide bonds. The summed E-state index contributed by atoms with van der Waals surface area (Å²) < 4.78 is 0. The number of carbonyl (C=O) groups excluding carboxylic acids is 1. The molecule has 0 aliphatic carbocycles. The molecule has 3 rings (SSSR count). The summed E-state index contributed by atoms with van der Waals surface area (Å²) >= 11 is 1.97. The highest BCUT2D eigenvalue weighted by Crippen LogP contribution is 2.40. The van der Waals surface area contributed by atoms with Crippen LogP contribution in [0.2, 0.25) is 0 Å². The van der Waals surface area contributed by atoms with Gasteiger partial charge in [-0.2, -0.15) is 11.8 Å². The summed E-state index contributed by atoms with van der Waals surface area (Å²) in [4.78, 5) is 15.0. The minimum absolute atomic E-state index is 0.255. The SMILES string of the molecule is CSC1CC2CCC(C1)N2C(=O)c1ccccc1C. The Hall–Kier alpha value is -0.960. The van der Waals surface area contributed by atoms with E-state index in [1.807, 2.05) is 43.0 Å². The van der Waals surface area contributed by atoms with Gasteiger partial charge in [-0.1, -0.05) is 18.2 Å². The van der Waals surface area contributed by atoms with Gasteiger partial charge in [-0.25, -0.2) is 0 Å². The number of thioether (sulfide) groups is 1. The second-order valence-electron chi connectivity index (χ2n) is 5.74. The van der Waals surface area contributed by atoms with Crippen LogP contribution in [-0.2, 0) is 0 Å². The number of hydrogen-bond donors (Lipinski definition) is 0. The maximum absolute atomic E-state index is 12.8. The predicted octanol–water partition coefficient (Wildman–Crippen LogP) is 3.49. The van der Waals surface area contributed by atoms with Gasteiger partial charge in [0.1, 0.15) is 0 Å². The Kier molecular flexibility index (Phi) is 3.57. The number of rotatable bonds is 2. The molecule has 2 saturated heterocycles. The summed E-state index contributed by atoms with van der Waals surface area (Å²) in [6.45, 7) is 2.03. The minimum atomic E-state index is 0.255. The molecule has 2 nitrogen and oxygen atoms in total. The molecule has 19 heavy (non-hydrogen) atoms. The van der Waals surface area contributed by atoms with Gasteiger partial charge in [0.25, 0.3) is 5.91 Å². The first-order valence-electron chi connectivity index (χ1n) is 7.11. The van der Waals surface area contributed by atoms with E-state index in [0.29, 0.717) is 12.1 Å². The number of aryl methyl sites for hydroxylation is 1. The van der Waals surface area contributed by atoms with Crippen molar-refractivity contribution in [2.24, 2.45) is 0 Å². The molecule has 0 saturated carbocycles. The third-order valence-corrected chi connectivity index (χ3v) is 5.68. The highest BCUT2D eigenvalue weighted by molar-refractivity contribution is 7.99. The van der Waals surface area contributed by atoms with E-state index in [1.165, 1.54) is 25.7 Å². The van der Waals surface area contributed by atoms with E-state index in [9.17, 15) is 4.79 Å². The standard InChI is InChI=1S/C16H21NOS/c1-11-5-3-4-6-15(11)16(18)17-12-7-8-13(17)10-14(9-12)19-2/h3-6,12-14H,7-10H2,1-2H3. The van der Waals surface area contributed by atoms with Crippen LogP contribution in [0.25, 0.3) is 0 Å². The fourth-order valence-corrected chi connectivity index (χ4v) is 4.43. The summed E-state index contributed by atoms with van der Waals surface area (Å²) in [7, 11) is 0. The largest absolute Gasteiger partial charge is 0.333 e. The van der Waals surface area contributed by atoms with E-state index < -0.39 is 0 Å². The zero-order chi connectivity index (χ0) is 13.4. The molecule has 2 aliphatic heterocycles. The lowest BCUT2D eigenvalue weighted by Crippen LogP contribution is -2.47. The molecule has 1 aromatic rings. The lowest BCUT2D eigenvalue weighted by molar-refractivity contribution is 0.0601. The fraction of sp³-hybridized carbons (Fsp3) is 0.562. The van der Waals surface area contributed by atoms with Gasteiger partial charge < -0.3 is 4.90 Å². The lowest BCUT2D eigenvalue weighted by atomic mass is 9.99. The smallest absolute Gasteiger partial charge is 0.254 e. The summed E-state index contributed by atoms with van der Waals surface area (Å²) in [5.41, 5.74) is 1.99. The molecule has 0 aromatic heterocycles. The van der Waals surface area contributed by atoms with Gasteiger partial charge in [-0.15, -0.1) is 0 Å². The molecule has 2 aliphatic rings. The molecular weight excluding hydrogens is 254 g/mol. The molecule has 3 heteroatoms. The number of carbonyl (C=O) groups is 1. The molecule has 2 heterocycles. The van der Waals surface area contributed by atoms with Crippen LogP contribution in [0.5, 0.6) is 0 Å². The van der Waals surface area contributed by atoms with Crippen molar-refractivity contribution in [3.8, 4) is 0 Å². The Morgan fingerprint density at radius 1 is 1.21 bits per heavy atom. The van der Waals surface area contributed by atoms with E-state index in [4.69, 9.17) is 0 Å². The number of nitrogens with zero attached hydrogens (tertiary/aromatic N) is 1. The van der Waals surface area contributed by atoms with E-state index in [2.05, 4.69) is 11.2 Å². The van der Waals surface area contributed by atoms with Gasteiger partial charge in [-0.05, 0) is 50.5 Å². The van der Waals surface area contributed by atoms with Crippen molar-refractivity contribution in [3.05, 3.63) is 35.4 Å². The van der Waals surface area contributed by atoms with Crippen molar-refractivity contribution >= 4 is 17.7 Å². The highest BCUT2D eigenvalue weighted by atomic mass is 32.2. The van der Waals surface area contributed by atoms with Gasteiger partial charge in [-0.3, -0.25) is 4.79 Å². The van der Waals surface area contributed by atoms with Crippen molar-refractivity contribution < 1.29 is 4.79 Å². The second kappa shape index (κ2) is 5.20. The molecule has 1 aromatic carbocycles. The Morgan fingerprint density at radius 3 is 2.42 bits per heavy atom. The first-order chi connectivity index (χ1) is 9.20. The first-order valence-corrected chi connectivity index (χ1v) is 8.40. The second-order valence-corrected chi connectivity index (χ2v) is 6.88. The molecule has 0 N–H and O–H groups in total. The molecule has 2 fully saturated rings. The molecule has 2 atom stereocenters. The molecule has 0 radical (unpaired) electrons. The van der Waals surface area contributed by atoms with E-state index in [0.717, 1.165) is 16.4 Å². The highest BCUT2D eigenvalue weighted by Gasteiger charge is 2.43. The number of fused-ring (bicyclic) bond motifs is 2. The third kappa shape index (κ3) is 2.29. The number of benzene rings is 1. The fourth-order valence-electron chi connectivity index (χ4n) is 3.60. The van der Waals surface area contributed by atoms with Gasteiger partial charge in [0, 0.05) is 22.9 Å². The molecule has 2 unspecified atom stereocenters. The summed E-state index contributed by atoms with van der Waals surface area (Å²) in [6.07, 6.45) is 6.94. The number of amides is 1. The van der Waals surface area contributed by atoms with E-state index >= 15 is 0 Å². The Morgan fingerprint density at radius 2 is 1.84 bits per heavy atom. The average molecular weight is 275 g/mol. The van der Waals surface area contributed by atoms with Crippen molar-refractivity contribution in [1.29, 1.82) is 0 Å². The Labute approximate surface area is 119 Å². The minimum Gasteiger partial charge on any atom is -0.333 e. The van der Waals surface area contributed by atoms with Gasteiger partial charge in [0.2, 0.25) is 0 Å². The molecular formula is C16H21NOS. The van der Waals surface area contributed by atoms with Crippen LogP contribution in [0.15, 0.2) is 24.3 Å². The van der Waals surface area contributed by atoms with Crippen LogP contribution < -0.4 is 0 Å². The van der Waals surface area contributed by atoms with Crippen LogP contribution in [-0.4, -0.2) is 34.4 Å². The molecule has 102 valence electrons. The Bertz CT molecular complexity index is 473. The zero-order valence-corrected chi connectivity index (χ0v) is 12.5.